The minimum atomic E-state index is -3.38. The third kappa shape index (κ3) is 4.82. The second-order valence-electron chi connectivity index (χ2n) is 7.65. The maximum atomic E-state index is 12.6. The molecule has 0 saturated carbocycles. The van der Waals surface area contributed by atoms with Gasteiger partial charge in [0.05, 0.1) is 36.0 Å². The first-order valence-electron chi connectivity index (χ1n) is 9.98. The molecule has 0 fully saturated rings. The topological polar surface area (TPSA) is 96.0 Å². The van der Waals surface area contributed by atoms with Crippen molar-refractivity contribution in [2.24, 2.45) is 0 Å². The average Bonchev–Trinajstić information content (AvgIpc) is 2.67. The number of carbonyl (C=O) groups excluding carboxylic acids is 2. The highest BCUT2D eigenvalue weighted by molar-refractivity contribution is 7.92. The molecule has 1 atom stereocenters. The summed E-state index contributed by atoms with van der Waals surface area (Å²) in [6.07, 6.45) is 0.648. The summed E-state index contributed by atoms with van der Waals surface area (Å²) in [5.74, 6) is -0.0999. The Morgan fingerprint density at radius 1 is 1.13 bits per heavy atom. The van der Waals surface area contributed by atoms with Crippen LogP contribution in [0, 0.1) is 6.92 Å². The lowest BCUT2D eigenvalue weighted by atomic mass is 9.99. The van der Waals surface area contributed by atoms with Gasteiger partial charge in [-0.3, -0.25) is 14.4 Å². The van der Waals surface area contributed by atoms with E-state index >= 15 is 0 Å². The van der Waals surface area contributed by atoms with Crippen LogP contribution in [-0.4, -0.2) is 45.9 Å². The van der Waals surface area contributed by atoms with Gasteiger partial charge in [-0.05, 0) is 61.7 Å². The van der Waals surface area contributed by atoms with Crippen molar-refractivity contribution in [1.29, 1.82) is 0 Å². The van der Waals surface area contributed by atoms with Crippen molar-refractivity contribution >= 4 is 39.1 Å². The van der Waals surface area contributed by atoms with E-state index < -0.39 is 16.1 Å². The van der Waals surface area contributed by atoms with Crippen molar-refractivity contribution in [3.63, 3.8) is 0 Å². The number of rotatable bonds is 4. The molecule has 1 N–H and O–H groups in total. The number of hydrogen-bond donors (Lipinski definition) is 1. The van der Waals surface area contributed by atoms with Gasteiger partial charge in [-0.2, -0.15) is 0 Å². The molecule has 0 bridgehead atoms. The first kappa shape index (κ1) is 22.6. The standard InChI is InChI=1S/C22H27N3O5S/c1-6-30-22(27)24-13-15(3)25(16(4)26)20-10-8-18(12-21(20)24)17-7-9-19(14(2)11-17)23-31(5,28)29/h7-12,15,23H,6,13H2,1-5H3. The van der Waals surface area contributed by atoms with Crippen LogP contribution in [0.2, 0.25) is 0 Å². The van der Waals surface area contributed by atoms with E-state index in [1.54, 1.807) is 22.8 Å². The zero-order valence-electron chi connectivity index (χ0n) is 18.3. The van der Waals surface area contributed by atoms with Gasteiger partial charge >= 0.3 is 6.09 Å². The second kappa shape index (κ2) is 8.58. The van der Waals surface area contributed by atoms with Crippen molar-refractivity contribution in [2.75, 3.05) is 33.9 Å². The Morgan fingerprint density at radius 2 is 1.77 bits per heavy atom. The molecule has 3 rings (SSSR count). The van der Waals surface area contributed by atoms with E-state index in [1.807, 2.05) is 44.2 Å². The molecule has 0 aromatic heterocycles. The van der Waals surface area contributed by atoms with Gasteiger partial charge in [-0.15, -0.1) is 0 Å². The zero-order valence-corrected chi connectivity index (χ0v) is 19.1. The molecule has 1 aliphatic rings. The second-order valence-corrected chi connectivity index (χ2v) is 9.40. The highest BCUT2D eigenvalue weighted by Gasteiger charge is 2.34. The van der Waals surface area contributed by atoms with Crippen LogP contribution in [0.4, 0.5) is 21.9 Å². The molecule has 1 heterocycles. The zero-order chi connectivity index (χ0) is 22.9. The number of benzene rings is 2. The van der Waals surface area contributed by atoms with Gasteiger partial charge in [0.15, 0.2) is 0 Å². The van der Waals surface area contributed by atoms with Crippen molar-refractivity contribution in [3.8, 4) is 11.1 Å². The number of nitrogens with zero attached hydrogens (tertiary/aromatic N) is 2. The molecular formula is C22H27N3O5S. The van der Waals surface area contributed by atoms with Crippen molar-refractivity contribution < 1.29 is 22.7 Å². The molecular weight excluding hydrogens is 418 g/mol. The SMILES string of the molecule is CCOC(=O)N1CC(C)N(C(C)=O)c2ccc(-c3ccc(NS(C)(=O)=O)c(C)c3)cc21. The minimum Gasteiger partial charge on any atom is -0.449 e. The molecule has 2 aromatic carbocycles. The normalized spacial score (nSPS) is 16.0. The number of aryl methyl sites for hydroxylation is 1. The first-order valence-corrected chi connectivity index (χ1v) is 11.9. The summed E-state index contributed by atoms with van der Waals surface area (Å²) >= 11 is 0. The third-order valence-corrected chi connectivity index (χ3v) is 5.69. The maximum absolute atomic E-state index is 12.6. The number of carbonyl (C=O) groups is 2. The number of amides is 2. The van der Waals surface area contributed by atoms with E-state index in [0.29, 0.717) is 23.6 Å². The number of nitrogens with one attached hydrogen (secondary N) is 1. The van der Waals surface area contributed by atoms with Crippen molar-refractivity contribution in [1.82, 2.24) is 0 Å². The molecule has 2 amide bonds. The molecule has 9 heteroatoms. The number of hydrogen-bond acceptors (Lipinski definition) is 5. The first-order chi connectivity index (χ1) is 14.5. The molecule has 8 nitrogen and oxygen atoms in total. The molecule has 1 aliphatic heterocycles. The van der Waals surface area contributed by atoms with E-state index in [4.69, 9.17) is 4.74 Å². The minimum absolute atomic E-state index is 0.0999. The van der Waals surface area contributed by atoms with Crippen LogP contribution in [0.15, 0.2) is 36.4 Å². The van der Waals surface area contributed by atoms with Crippen LogP contribution in [0.5, 0.6) is 0 Å². The summed E-state index contributed by atoms with van der Waals surface area (Å²) in [6, 6.07) is 10.8. The monoisotopic (exact) mass is 445 g/mol. The summed E-state index contributed by atoms with van der Waals surface area (Å²) < 4.78 is 30.8. The maximum Gasteiger partial charge on any atom is 0.414 e. The van der Waals surface area contributed by atoms with E-state index in [2.05, 4.69) is 4.72 Å². The highest BCUT2D eigenvalue weighted by atomic mass is 32.2. The smallest absolute Gasteiger partial charge is 0.414 e. The summed E-state index contributed by atoms with van der Waals surface area (Å²) in [4.78, 5) is 28.1. The Bertz CT molecular complexity index is 1130. The predicted octanol–water partition coefficient (Wildman–Crippen LogP) is 3.75. The van der Waals surface area contributed by atoms with Crippen molar-refractivity contribution in [3.05, 3.63) is 42.0 Å². The van der Waals surface area contributed by atoms with Crippen LogP contribution < -0.4 is 14.5 Å². The third-order valence-electron chi connectivity index (χ3n) is 5.10. The quantitative estimate of drug-likeness (QED) is 0.773. The van der Waals surface area contributed by atoms with Gasteiger partial charge in [0, 0.05) is 13.5 Å². The van der Waals surface area contributed by atoms with Gasteiger partial charge in [-0.1, -0.05) is 12.1 Å². The Kier molecular flexibility index (Phi) is 6.26. The van der Waals surface area contributed by atoms with E-state index in [9.17, 15) is 18.0 Å². The number of sulfonamides is 1. The van der Waals surface area contributed by atoms with E-state index in [-0.39, 0.29) is 18.6 Å². The average molecular weight is 446 g/mol. The lowest BCUT2D eigenvalue weighted by Crippen LogP contribution is -2.51. The Hall–Kier alpha value is -3.07. The summed E-state index contributed by atoms with van der Waals surface area (Å²) in [5, 5.41) is 0. The van der Waals surface area contributed by atoms with Crippen LogP contribution in [0.3, 0.4) is 0 Å². The fourth-order valence-corrected chi connectivity index (χ4v) is 4.44. The molecule has 31 heavy (non-hydrogen) atoms. The molecule has 0 radical (unpaired) electrons. The predicted molar refractivity (Wildman–Crippen MR) is 122 cm³/mol. The number of fused-ring (bicyclic) bond motifs is 1. The van der Waals surface area contributed by atoms with E-state index in [0.717, 1.165) is 22.9 Å². The fraction of sp³-hybridized carbons (Fsp3) is 0.364. The number of anilines is 3. The summed E-state index contributed by atoms with van der Waals surface area (Å²) in [6.45, 7) is 7.54. The molecule has 2 aromatic rings. The largest absolute Gasteiger partial charge is 0.449 e. The van der Waals surface area contributed by atoms with Crippen molar-refractivity contribution in [2.45, 2.75) is 33.7 Å². The van der Waals surface area contributed by atoms with E-state index in [1.165, 1.54) is 6.92 Å². The molecule has 0 saturated heterocycles. The Morgan fingerprint density at radius 3 is 2.35 bits per heavy atom. The summed E-state index contributed by atoms with van der Waals surface area (Å²) in [5.41, 5.74) is 4.21. The molecule has 166 valence electrons. The number of ether oxygens (including phenoxy) is 1. The van der Waals surface area contributed by atoms with Crippen LogP contribution in [-0.2, 0) is 19.6 Å². The lowest BCUT2D eigenvalue weighted by Gasteiger charge is -2.40. The lowest BCUT2D eigenvalue weighted by molar-refractivity contribution is -0.117. The summed E-state index contributed by atoms with van der Waals surface area (Å²) in [7, 11) is -3.38. The Labute approximate surface area is 182 Å². The van der Waals surface area contributed by atoms with Gasteiger partial charge in [0.1, 0.15) is 0 Å². The molecule has 1 unspecified atom stereocenters. The van der Waals surface area contributed by atoms with Gasteiger partial charge < -0.3 is 9.64 Å². The molecule has 0 spiro atoms. The molecule has 0 aliphatic carbocycles. The Balaban J connectivity index is 2.07. The van der Waals surface area contributed by atoms with Crippen LogP contribution in [0.25, 0.3) is 11.1 Å². The van der Waals surface area contributed by atoms with Gasteiger partial charge in [0.2, 0.25) is 15.9 Å². The van der Waals surface area contributed by atoms with Crippen LogP contribution >= 0.6 is 0 Å². The highest BCUT2D eigenvalue weighted by Crippen LogP contribution is 2.39. The van der Waals surface area contributed by atoms with Gasteiger partial charge in [0.25, 0.3) is 0 Å². The van der Waals surface area contributed by atoms with Crippen LogP contribution in [0.1, 0.15) is 26.3 Å². The fourth-order valence-electron chi connectivity index (χ4n) is 3.82. The van der Waals surface area contributed by atoms with Gasteiger partial charge in [-0.25, -0.2) is 13.2 Å².